The van der Waals surface area contributed by atoms with Gasteiger partial charge in [0.05, 0.1) is 5.60 Å². The van der Waals surface area contributed by atoms with Crippen LogP contribution in [0.1, 0.15) is 53.4 Å². The lowest BCUT2D eigenvalue weighted by Crippen LogP contribution is -2.46. The normalized spacial score (nSPS) is 21.8. The minimum absolute atomic E-state index is 0.0270. The van der Waals surface area contributed by atoms with Gasteiger partial charge in [-0.3, -0.25) is 4.90 Å². The van der Waals surface area contributed by atoms with Crippen LogP contribution in [0.15, 0.2) is 0 Å². The third kappa shape index (κ3) is 5.68. The van der Waals surface area contributed by atoms with E-state index in [1.54, 1.807) is 7.11 Å². The minimum Gasteiger partial charge on any atom is -0.379 e. The zero-order valence-corrected chi connectivity index (χ0v) is 13.0. The van der Waals surface area contributed by atoms with Gasteiger partial charge in [-0.25, -0.2) is 0 Å². The third-order valence-corrected chi connectivity index (χ3v) is 4.13. The number of piperidine rings is 1. The zero-order valence-electron chi connectivity index (χ0n) is 13.0. The van der Waals surface area contributed by atoms with Crippen molar-refractivity contribution in [3.05, 3.63) is 0 Å². The molecule has 3 heteroatoms. The molecule has 1 fully saturated rings. The lowest BCUT2D eigenvalue weighted by atomic mass is 9.99. The monoisotopic (exact) mass is 256 g/mol. The summed E-state index contributed by atoms with van der Waals surface area (Å²) in [6.07, 6.45) is 5.21. The molecule has 18 heavy (non-hydrogen) atoms. The molecule has 0 aromatic heterocycles. The Morgan fingerprint density at radius 2 is 1.78 bits per heavy atom. The molecule has 0 amide bonds. The Morgan fingerprint density at radius 1 is 1.17 bits per heavy atom. The highest BCUT2D eigenvalue weighted by Gasteiger charge is 2.21. The van der Waals surface area contributed by atoms with E-state index in [1.807, 2.05) is 0 Å². The maximum atomic E-state index is 5.48. The van der Waals surface area contributed by atoms with Crippen LogP contribution in [0, 0.1) is 0 Å². The molecule has 2 unspecified atom stereocenters. The van der Waals surface area contributed by atoms with Crippen LogP contribution in [0.3, 0.4) is 0 Å². The fraction of sp³-hybridized carbons (Fsp3) is 1.00. The Kier molecular flexibility index (Phi) is 6.61. The zero-order chi connectivity index (χ0) is 13.6. The molecule has 0 aromatic carbocycles. The summed E-state index contributed by atoms with van der Waals surface area (Å²) in [7, 11) is 1.79. The third-order valence-electron chi connectivity index (χ3n) is 4.13. The van der Waals surface area contributed by atoms with Gasteiger partial charge in [0.25, 0.3) is 0 Å². The van der Waals surface area contributed by atoms with E-state index in [9.17, 15) is 0 Å². The molecule has 0 aliphatic carbocycles. The van der Waals surface area contributed by atoms with Crippen molar-refractivity contribution < 1.29 is 4.74 Å². The van der Waals surface area contributed by atoms with Crippen molar-refractivity contribution in [3.63, 3.8) is 0 Å². The van der Waals surface area contributed by atoms with E-state index in [2.05, 4.69) is 37.9 Å². The Balaban J connectivity index is 2.22. The maximum Gasteiger partial charge on any atom is 0.0637 e. The maximum absolute atomic E-state index is 5.48. The number of hydrogen-bond donors (Lipinski definition) is 1. The Labute approximate surface area is 113 Å². The molecular weight excluding hydrogens is 224 g/mol. The molecule has 0 saturated carbocycles. The van der Waals surface area contributed by atoms with Crippen molar-refractivity contribution in [2.45, 2.75) is 71.1 Å². The number of likely N-dealkylation sites (tertiary alicyclic amines) is 1. The summed E-state index contributed by atoms with van der Waals surface area (Å²) in [5.41, 5.74) is -0.0270. The van der Waals surface area contributed by atoms with Gasteiger partial charge in [0.15, 0.2) is 0 Å². The van der Waals surface area contributed by atoms with E-state index in [1.165, 1.54) is 32.4 Å². The Bertz CT molecular complexity index is 225. The molecule has 0 aromatic rings. The SMILES string of the molecule is COC(C)(C)CC(C)NCC(C)N1CCCCC1. The largest absolute Gasteiger partial charge is 0.379 e. The Morgan fingerprint density at radius 3 is 2.33 bits per heavy atom. The van der Waals surface area contributed by atoms with Gasteiger partial charge in [0, 0.05) is 25.7 Å². The van der Waals surface area contributed by atoms with Crippen molar-refractivity contribution >= 4 is 0 Å². The lowest BCUT2D eigenvalue weighted by molar-refractivity contribution is 0.00798. The molecule has 1 N–H and O–H groups in total. The molecule has 2 atom stereocenters. The van der Waals surface area contributed by atoms with Crippen molar-refractivity contribution in [2.75, 3.05) is 26.7 Å². The highest BCUT2D eigenvalue weighted by molar-refractivity contribution is 4.78. The van der Waals surface area contributed by atoms with Crippen LogP contribution >= 0.6 is 0 Å². The standard InChI is InChI=1S/C15H32N2O/c1-13(11-15(3,4)18-5)16-12-14(2)17-9-7-6-8-10-17/h13-14,16H,6-12H2,1-5H3. The number of nitrogens with one attached hydrogen (secondary N) is 1. The highest BCUT2D eigenvalue weighted by Crippen LogP contribution is 2.16. The summed E-state index contributed by atoms with van der Waals surface area (Å²) in [6.45, 7) is 12.5. The van der Waals surface area contributed by atoms with E-state index in [0.717, 1.165) is 13.0 Å². The first-order valence-electron chi connectivity index (χ1n) is 7.47. The van der Waals surface area contributed by atoms with Crippen LogP contribution in [0.5, 0.6) is 0 Å². The molecule has 0 bridgehead atoms. The van der Waals surface area contributed by atoms with Crippen molar-refractivity contribution in [1.82, 2.24) is 10.2 Å². The summed E-state index contributed by atoms with van der Waals surface area (Å²) in [5.74, 6) is 0. The van der Waals surface area contributed by atoms with Crippen molar-refractivity contribution in [1.29, 1.82) is 0 Å². The molecule has 1 aliphatic rings. The van der Waals surface area contributed by atoms with Crippen LogP contribution in [0.4, 0.5) is 0 Å². The molecule has 0 radical (unpaired) electrons. The first kappa shape index (κ1) is 15.9. The second kappa shape index (κ2) is 7.46. The van der Waals surface area contributed by atoms with Gasteiger partial charge in [-0.2, -0.15) is 0 Å². The van der Waals surface area contributed by atoms with Crippen LogP contribution in [0.2, 0.25) is 0 Å². The number of nitrogens with zero attached hydrogens (tertiary/aromatic N) is 1. The van der Waals surface area contributed by atoms with E-state index in [-0.39, 0.29) is 5.60 Å². The average Bonchev–Trinajstić information content (AvgIpc) is 2.36. The predicted molar refractivity (Wildman–Crippen MR) is 78.1 cm³/mol. The van der Waals surface area contributed by atoms with Crippen molar-refractivity contribution in [3.8, 4) is 0 Å². The van der Waals surface area contributed by atoms with Gasteiger partial charge in [-0.15, -0.1) is 0 Å². The topological polar surface area (TPSA) is 24.5 Å². The van der Waals surface area contributed by atoms with E-state index >= 15 is 0 Å². The quantitative estimate of drug-likeness (QED) is 0.758. The molecule has 1 heterocycles. The predicted octanol–water partition coefficient (Wildman–Crippen LogP) is 2.65. The van der Waals surface area contributed by atoms with E-state index in [0.29, 0.717) is 12.1 Å². The van der Waals surface area contributed by atoms with Crippen molar-refractivity contribution in [2.24, 2.45) is 0 Å². The van der Waals surface area contributed by atoms with E-state index < -0.39 is 0 Å². The summed E-state index contributed by atoms with van der Waals surface area (Å²) in [6, 6.07) is 1.16. The van der Waals surface area contributed by atoms with E-state index in [4.69, 9.17) is 4.74 Å². The molecule has 0 spiro atoms. The minimum atomic E-state index is -0.0270. The summed E-state index contributed by atoms with van der Waals surface area (Å²) in [4.78, 5) is 2.62. The molecule has 3 nitrogen and oxygen atoms in total. The highest BCUT2D eigenvalue weighted by atomic mass is 16.5. The Hall–Kier alpha value is -0.120. The molecule has 1 aliphatic heterocycles. The fourth-order valence-corrected chi connectivity index (χ4v) is 2.75. The van der Waals surface area contributed by atoms with Gasteiger partial charge in [0.2, 0.25) is 0 Å². The number of methoxy groups -OCH3 is 1. The fourth-order valence-electron chi connectivity index (χ4n) is 2.75. The van der Waals surface area contributed by atoms with Gasteiger partial charge in [0.1, 0.15) is 0 Å². The summed E-state index contributed by atoms with van der Waals surface area (Å²) in [5, 5.41) is 3.65. The van der Waals surface area contributed by atoms with Crippen LogP contribution in [-0.4, -0.2) is 49.3 Å². The number of hydrogen-bond acceptors (Lipinski definition) is 3. The molecule has 108 valence electrons. The lowest BCUT2D eigenvalue weighted by Gasteiger charge is -2.34. The van der Waals surface area contributed by atoms with Crippen LogP contribution < -0.4 is 5.32 Å². The summed E-state index contributed by atoms with van der Waals surface area (Å²) >= 11 is 0. The summed E-state index contributed by atoms with van der Waals surface area (Å²) < 4.78 is 5.48. The van der Waals surface area contributed by atoms with Gasteiger partial charge >= 0.3 is 0 Å². The average molecular weight is 256 g/mol. The molecule has 1 rings (SSSR count). The van der Waals surface area contributed by atoms with Crippen LogP contribution in [0.25, 0.3) is 0 Å². The molecule has 1 saturated heterocycles. The first-order chi connectivity index (χ1) is 8.44. The second-order valence-corrected chi connectivity index (χ2v) is 6.42. The second-order valence-electron chi connectivity index (χ2n) is 6.42. The number of ether oxygens (including phenoxy) is 1. The van der Waals surface area contributed by atoms with Gasteiger partial charge in [-0.05, 0) is 60.0 Å². The smallest absolute Gasteiger partial charge is 0.0637 e. The van der Waals surface area contributed by atoms with Crippen LogP contribution in [-0.2, 0) is 4.74 Å². The first-order valence-corrected chi connectivity index (χ1v) is 7.47. The van der Waals surface area contributed by atoms with Gasteiger partial charge < -0.3 is 10.1 Å². The van der Waals surface area contributed by atoms with Gasteiger partial charge in [-0.1, -0.05) is 6.42 Å². The number of rotatable bonds is 7. The molecular formula is C15H32N2O.